The van der Waals surface area contributed by atoms with E-state index < -0.39 is 0 Å². The number of anilines is 1. The number of pyridine rings is 1. The van der Waals surface area contributed by atoms with Crippen LogP contribution in [0.15, 0.2) is 55.1 Å². The lowest BCUT2D eigenvalue weighted by Gasteiger charge is -2.19. The smallest absolute Gasteiger partial charge is 0.244 e. The number of benzene rings is 1. The first-order valence-corrected chi connectivity index (χ1v) is 8.57. The standard InChI is InChI=1S/C20H21N5O2/c1-20(2,3)15-6-8-16(9-7-15)23-17(26)12-25-13-22-24-19(25)18(27)14-5-4-10-21-11-14/h4-11,13H,12H2,1-3H3,(H,23,26). The van der Waals surface area contributed by atoms with Crippen LogP contribution in [-0.4, -0.2) is 31.4 Å². The highest BCUT2D eigenvalue weighted by Crippen LogP contribution is 2.23. The number of amides is 1. The van der Waals surface area contributed by atoms with Gasteiger partial charge in [-0.3, -0.25) is 14.6 Å². The molecule has 0 bridgehead atoms. The van der Waals surface area contributed by atoms with Gasteiger partial charge in [-0.05, 0) is 35.2 Å². The molecule has 1 amide bonds. The number of rotatable bonds is 5. The molecule has 0 radical (unpaired) electrons. The van der Waals surface area contributed by atoms with Crippen LogP contribution >= 0.6 is 0 Å². The topological polar surface area (TPSA) is 89.8 Å². The van der Waals surface area contributed by atoms with Gasteiger partial charge in [0.2, 0.25) is 17.5 Å². The third-order valence-electron chi connectivity index (χ3n) is 4.09. The van der Waals surface area contributed by atoms with Gasteiger partial charge in [0.15, 0.2) is 0 Å². The number of hydrogen-bond donors (Lipinski definition) is 1. The number of carbonyl (C=O) groups excluding carboxylic acids is 2. The van der Waals surface area contributed by atoms with Crippen LogP contribution in [0.3, 0.4) is 0 Å². The zero-order valence-electron chi connectivity index (χ0n) is 15.5. The van der Waals surface area contributed by atoms with Crippen LogP contribution in [0.1, 0.15) is 42.5 Å². The fraction of sp³-hybridized carbons (Fsp3) is 0.250. The normalized spacial score (nSPS) is 11.2. The summed E-state index contributed by atoms with van der Waals surface area (Å²) in [5, 5.41) is 10.4. The third kappa shape index (κ3) is 4.44. The molecule has 0 unspecified atom stereocenters. The van der Waals surface area contributed by atoms with E-state index in [4.69, 9.17) is 0 Å². The molecule has 0 spiro atoms. The Kier molecular flexibility index (Phi) is 5.12. The van der Waals surface area contributed by atoms with Crippen LogP contribution in [0.25, 0.3) is 0 Å². The fourth-order valence-electron chi connectivity index (χ4n) is 2.58. The number of ketones is 1. The Bertz CT molecular complexity index is 941. The number of hydrogen-bond acceptors (Lipinski definition) is 5. The van der Waals surface area contributed by atoms with Gasteiger partial charge in [-0.15, -0.1) is 10.2 Å². The summed E-state index contributed by atoms with van der Waals surface area (Å²) in [6.07, 6.45) is 4.41. The van der Waals surface area contributed by atoms with E-state index in [0.29, 0.717) is 11.3 Å². The molecule has 0 saturated heterocycles. The summed E-state index contributed by atoms with van der Waals surface area (Å²) >= 11 is 0. The second-order valence-corrected chi connectivity index (χ2v) is 7.23. The van der Waals surface area contributed by atoms with Crippen molar-refractivity contribution < 1.29 is 9.59 Å². The third-order valence-corrected chi connectivity index (χ3v) is 4.09. The van der Waals surface area contributed by atoms with Gasteiger partial charge in [-0.2, -0.15) is 0 Å². The van der Waals surface area contributed by atoms with Gasteiger partial charge in [0.1, 0.15) is 12.9 Å². The number of carbonyl (C=O) groups is 2. The van der Waals surface area contributed by atoms with Crippen molar-refractivity contribution in [3.63, 3.8) is 0 Å². The van der Waals surface area contributed by atoms with Gasteiger partial charge >= 0.3 is 0 Å². The zero-order valence-corrected chi connectivity index (χ0v) is 15.5. The SMILES string of the molecule is CC(C)(C)c1ccc(NC(=O)Cn2cnnc2C(=O)c2cccnc2)cc1. The first kappa shape index (κ1) is 18.4. The van der Waals surface area contributed by atoms with E-state index in [0.717, 1.165) is 0 Å². The minimum atomic E-state index is -0.331. The van der Waals surface area contributed by atoms with Crippen LogP contribution in [-0.2, 0) is 16.8 Å². The average molecular weight is 363 g/mol. The predicted molar refractivity (Wildman–Crippen MR) is 101 cm³/mol. The lowest BCUT2D eigenvalue weighted by Crippen LogP contribution is -2.21. The van der Waals surface area contributed by atoms with Crippen LogP contribution in [0.4, 0.5) is 5.69 Å². The second kappa shape index (κ2) is 7.49. The van der Waals surface area contributed by atoms with E-state index in [-0.39, 0.29) is 29.5 Å². The minimum Gasteiger partial charge on any atom is -0.325 e. The van der Waals surface area contributed by atoms with Gasteiger partial charge in [0, 0.05) is 23.6 Å². The van der Waals surface area contributed by atoms with E-state index in [1.807, 2.05) is 24.3 Å². The molecule has 3 rings (SSSR count). The van der Waals surface area contributed by atoms with Crippen molar-refractivity contribution in [2.45, 2.75) is 32.7 Å². The Morgan fingerprint density at radius 1 is 1.11 bits per heavy atom. The van der Waals surface area contributed by atoms with Crippen LogP contribution < -0.4 is 5.32 Å². The van der Waals surface area contributed by atoms with Crippen LogP contribution in [0.5, 0.6) is 0 Å². The van der Waals surface area contributed by atoms with Gasteiger partial charge in [-0.1, -0.05) is 32.9 Å². The lowest BCUT2D eigenvalue weighted by atomic mass is 9.87. The van der Waals surface area contributed by atoms with Crippen LogP contribution in [0, 0.1) is 0 Å². The van der Waals surface area contributed by atoms with E-state index >= 15 is 0 Å². The Hall–Kier alpha value is -3.35. The number of nitrogens with zero attached hydrogens (tertiary/aromatic N) is 4. The molecular formula is C20H21N5O2. The maximum Gasteiger partial charge on any atom is 0.244 e. The quantitative estimate of drug-likeness (QED) is 0.704. The van der Waals surface area contributed by atoms with Crippen molar-refractivity contribution in [1.82, 2.24) is 19.7 Å². The van der Waals surface area contributed by atoms with Crippen molar-refractivity contribution in [1.29, 1.82) is 0 Å². The van der Waals surface area contributed by atoms with E-state index in [2.05, 4.69) is 41.3 Å². The van der Waals surface area contributed by atoms with Crippen molar-refractivity contribution in [2.24, 2.45) is 0 Å². The molecule has 0 aliphatic heterocycles. The predicted octanol–water partition coefficient (Wildman–Crippen LogP) is 2.84. The highest BCUT2D eigenvalue weighted by Gasteiger charge is 2.18. The summed E-state index contributed by atoms with van der Waals surface area (Å²) in [4.78, 5) is 28.8. The molecule has 0 aliphatic rings. The van der Waals surface area contributed by atoms with Gasteiger partial charge < -0.3 is 9.88 Å². The number of nitrogens with one attached hydrogen (secondary N) is 1. The van der Waals surface area contributed by atoms with E-state index in [9.17, 15) is 9.59 Å². The summed E-state index contributed by atoms with van der Waals surface area (Å²) in [5.41, 5.74) is 2.32. The van der Waals surface area contributed by atoms with Gasteiger partial charge in [0.05, 0.1) is 0 Å². The average Bonchev–Trinajstić information content (AvgIpc) is 3.09. The number of aromatic nitrogens is 4. The molecule has 0 saturated carbocycles. The minimum absolute atomic E-state index is 0.0482. The molecule has 0 atom stereocenters. The molecule has 138 valence electrons. The summed E-state index contributed by atoms with van der Waals surface area (Å²) < 4.78 is 1.42. The second-order valence-electron chi connectivity index (χ2n) is 7.23. The summed E-state index contributed by atoms with van der Waals surface area (Å²) in [6, 6.07) is 11.0. The zero-order chi connectivity index (χ0) is 19.4. The molecule has 7 heteroatoms. The Morgan fingerprint density at radius 2 is 1.85 bits per heavy atom. The highest BCUT2D eigenvalue weighted by atomic mass is 16.2. The molecule has 3 aromatic rings. The molecule has 27 heavy (non-hydrogen) atoms. The van der Waals surface area contributed by atoms with Gasteiger partial charge in [0.25, 0.3) is 0 Å². The fourth-order valence-corrected chi connectivity index (χ4v) is 2.58. The van der Waals surface area contributed by atoms with Crippen molar-refractivity contribution in [2.75, 3.05) is 5.32 Å². The van der Waals surface area contributed by atoms with E-state index in [1.165, 1.54) is 22.7 Å². The van der Waals surface area contributed by atoms with Crippen molar-refractivity contribution in [3.8, 4) is 0 Å². The molecule has 2 aromatic heterocycles. The molecule has 1 N–H and O–H groups in total. The molecule has 0 fully saturated rings. The molecular weight excluding hydrogens is 342 g/mol. The summed E-state index contributed by atoms with van der Waals surface area (Å²) in [7, 11) is 0. The van der Waals surface area contributed by atoms with Crippen molar-refractivity contribution >= 4 is 17.4 Å². The molecule has 1 aromatic carbocycles. The highest BCUT2D eigenvalue weighted by molar-refractivity contribution is 6.06. The Morgan fingerprint density at radius 3 is 2.48 bits per heavy atom. The molecule has 0 aliphatic carbocycles. The first-order chi connectivity index (χ1) is 12.8. The Balaban J connectivity index is 1.69. The van der Waals surface area contributed by atoms with Gasteiger partial charge in [-0.25, -0.2) is 0 Å². The summed E-state index contributed by atoms with van der Waals surface area (Å²) in [6.45, 7) is 6.34. The van der Waals surface area contributed by atoms with Crippen LogP contribution in [0.2, 0.25) is 0 Å². The molecule has 2 heterocycles. The maximum absolute atomic E-state index is 12.5. The summed E-state index contributed by atoms with van der Waals surface area (Å²) in [5.74, 6) is -0.497. The first-order valence-electron chi connectivity index (χ1n) is 8.57. The maximum atomic E-state index is 12.5. The Labute approximate surface area is 157 Å². The molecule has 7 nitrogen and oxygen atoms in total. The largest absolute Gasteiger partial charge is 0.325 e. The van der Waals surface area contributed by atoms with Crippen molar-refractivity contribution in [3.05, 3.63) is 72.1 Å². The lowest BCUT2D eigenvalue weighted by molar-refractivity contribution is -0.116. The van der Waals surface area contributed by atoms with E-state index in [1.54, 1.807) is 18.3 Å². The monoisotopic (exact) mass is 363 g/mol.